The van der Waals surface area contributed by atoms with E-state index >= 15 is 0 Å². The van der Waals surface area contributed by atoms with Crippen molar-refractivity contribution in [1.29, 1.82) is 0 Å². The summed E-state index contributed by atoms with van der Waals surface area (Å²) in [6, 6.07) is 11.0. The van der Waals surface area contributed by atoms with Gasteiger partial charge in [-0.15, -0.1) is 0 Å². The second-order valence-electron chi connectivity index (χ2n) is 10.00. The van der Waals surface area contributed by atoms with Gasteiger partial charge in [0.25, 0.3) is 0 Å². The minimum atomic E-state index is -0.734. The van der Waals surface area contributed by atoms with E-state index in [1.165, 1.54) is 11.8 Å². The number of anilines is 1. The van der Waals surface area contributed by atoms with Crippen LogP contribution < -0.4 is 5.73 Å². The summed E-state index contributed by atoms with van der Waals surface area (Å²) in [5, 5.41) is 20.5. The molecule has 0 fully saturated rings. The first-order valence-corrected chi connectivity index (χ1v) is 12.3. The lowest BCUT2D eigenvalue weighted by Gasteiger charge is -2.37. The zero-order valence-electron chi connectivity index (χ0n) is 20.2. The number of benzene rings is 2. The molecule has 0 saturated carbocycles. The van der Waals surface area contributed by atoms with Crippen molar-refractivity contribution in [2.75, 3.05) is 5.73 Å². The van der Waals surface area contributed by atoms with E-state index in [0.717, 1.165) is 28.0 Å². The lowest BCUT2D eigenvalue weighted by atomic mass is 9.85. The fraction of sp³-hybridized carbons (Fsp3) is 0.444. The molecule has 1 aliphatic heterocycles. The number of hydrogen-bond donors (Lipinski definition) is 3. The highest BCUT2D eigenvalue weighted by Crippen LogP contribution is 2.44. The highest BCUT2D eigenvalue weighted by atomic mass is 32.2. The standard InChI is InChI=1S/C27H35NO4S/c1-6-12-27(13-11-18-7-9-19(29)10-8-18)16-22(30)24(25(31)32-27)33-23-14-17(2)21(28)15-20(23)26(3,4)5/h7-10,14-15,29-30H,6,11-13,16,28H2,1-5H3. The largest absolute Gasteiger partial charge is 0.511 e. The molecular formula is C27H35NO4S. The maximum absolute atomic E-state index is 13.1. The number of phenolic OH excluding ortho intramolecular Hbond substituents is 1. The average molecular weight is 470 g/mol. The highest BCUT2D eigenvalue weighted by molar-refractivity contribution is 8.04. The number of aliphatic hydroxyl groups is 1. The zero-order chi connectivity index (χ0) is 24.4. The molecule has 1 heterocycles. The second-order valence-corrected chi connectivity index (χ2v) is 11.1. The van der Waals surface area contributed by atoms with E-state index in [1.54, 1.807) is 12.1 Å². The topological polar surface area (TPSA) is 92.8 Å². The molecule has 1 unspecified atom stereocenters. The monoisotopic (exact) mass is 469 g/mol. The van der Waals surface area contributed by atoms with Crippen molar-refractivity contribution in [2.24, 2.45) is 0 Å². The Hall–Kier alpha value is -2.60. The predicted octanol–water partition coefficient (Wildman–Crippen LogP) is 6.56. The Kier molecular flexibility index (Phi) is 7.37. The first-order valence-electron chi connectivity index (χ1n) is 11.5. The van der Waals surface area contributed by atoms with Gasteiger partial charge in [-0.1, -0.05) is 58.0 Å². The van der Waals surface area contributed by atoms with Gasteiger partial charge in [-0.05, 0) is 72.6 Å². The predicted molar refractivity (Wildman–Crippen MR) is 135 cm³/mol. The number of carbonyl (C=O) groups excluding carboxylic acids is 1. The van der Waals surface area contributed by atoms with Crippen molar-refractivity contribution in [2.45, 2.75) is 82.6 Å². The van der Waals surface area contributed by atoms with Gasteiger partial charge in [0.1, 0.15) is 22.0 Å². The third-order valence-electron chi connectivity index (χ3n) is 6.15. The number of aryl methyl sites for hydroxylation is 2. The molecule has 6 heteroatoms. The Morgan fingerprint density at radius 1 is 1.12 bits per heavy atom. The summed E-state index contributed by atoms with van der Waals surface area (Å²) in [5.41, 5.74) is 8.98. The van der Waals surface area contributed by atoms with Gasteiger partial charge < -0.3 is 20.7 Å². The van der Waals surface area contributed by atoms with Crippen LogP contribution in [0.1, 0.15) is 70.1 Å². The van der Waals surface area contributed by atoms with E-state index in [4.69, 9.17) is 10.5 Å². The van der Waals surface area contributed by atoms with Crippen LogP contribution >= 0.6 is 11.8 Å². The van der Waals surface area contributed by atoms with Crippen molar-refractivity contribution in [3.8, 4) is 5.75 Å². The van der Waals surface area contributed by atoms with E-state index in [-0.39, 0.29) is 21.8 Å². The normalized spacial score (nSPS) is 19.0. The molecule has 33 heavy (non-hydrogen) atoms. The number of ether oxygens (including phenoxy) is 1. The lowest BCUT2D eigenvalue weighted by molar-refractivity contribution is -0.159. The summed E-state index contributed by atoms with van der Waals surface area (Å²) >= 11 is 1.26. The molecule has 5 nitrogen and oxygen atoms in total. The Morgan fingerprint density at radius 3 is 2.36 bits per heavy atom. The molecule has 0 aliphatic carbocycles. The number of aromatic hydroxyl groups is 1. The number of rotatable bonds is 7. The fourth-order valence-electron chi connectivity index (χ4n) is 4.26. The van der Waals surface area contributed by atoms with Crippen LogP contribution in [-0.4, -0.2) is 21.8 Å². The van der Waals surface area contributed by atoms with Crippen molar-refractivity contribution in [3.05, 3.63) is 63.8 Å². The summed E-state index contributed by atoms with van der Waals surface area (Å²) in [6.45, 7) is 10.3. The molecule has 1 atom stereocenters. The molecule has 178 valence electrons. The second kappa shape index (κ2) is 9.72. The first kappa shape index (κ1) is 25.0. The number of thioether (sulfide) groups is 1. The summed E-state index contributed by atoms with van der Waals surface area (Å²) in [4.78, 5) is 14.3. The van der Waals surface area contributed by atoms with Crippen LogP contribution in [-0.2, 0) is 21.4 Å². The Balaban J connectivity index is 1.88. The van der Waals surface area contributed by atoms with Gasteiger partial charge in [0.05, 0.1) is 0 Å². The molecular weight excluding hydrogens is 434 g/mol. The third kappa shape index (κ3) is 5.85. The van der Waals surface area contributed by atoms with Gasteiger partial charge >= 0.3 is 5.97 Å². The summed E-state index contributed by atoms with van der Waals surface area (Å²) in [5.74, 6) is -0.164. The SMILES string of the molecule is CCCC1(CCc2ccc(O)cc2)CC(O)=C(Sc2cc(C)c(N)cc2C(C)(C)C)C(=O)O1. The van der Waals surface area contributed by atoms with Crippen molar-refractivity contribution >= 4 is 23.4 Å². The Labute approximate surface area is 201 Å². The first-order chi connectivity index (χ1) is 15.4. The Morgan fingerprint density at radius 2 is 1.79 bits per heavy atom. The smallest absolute Gasteiger partial charge is 0.349 e. The quantitative estimate of drug-likeness (QED) is 0.314. The fourth-order valence-corrected chi connectivity index (χ4v) is 5.50. The number of esters is 1. The van der Waals surface area contributed by atoms with Gasteiger partial charge in [0.2, 0.25) is 0 Å². The van der Waals surface area contributed by atoms with Gasteiger partial charge in [-0.3, -0.25) is 0 Å². The van der Waals surface area contributed by atoms with E-state index in [0.29, 0.717) is 31.4 Å². The molecule has 0 bridgehead atoms. The molecule has 2 aromatic carbocycles. The molecule has 0 radical (unpaired) electrons. The number of nitrogens with two attached hydrogens (primary N) is 1. The van der Waals surface area contributed by atoms with Crippen molar-refractivity contribution in [3.63, 3.8) is 0 Å². The van der Waals surface area contributed by atoms with Crippen LogP contribution in [0.3, 0.4) is 0 Å². The molecule has 0 amide bonds. The number of phenols is 1. The number of cyclic esters (lactones) is 1. The maximum Gasteiger partial charge on any atom is 0.349 e. The molecule has 0 saturated heterocycles. The van der Waals surface area contributed by atoms with Crippen LogP contribution in [0.4, 0.5) is 5.69 Å². The number of hydrogen-bond acceptors (Lipinski definition) is 6. The van der Waals surface area contributed by atoms with Crippen molar-refractivity contribution in [1.82, 2.24) is 0 Å². The third-order valence-corrected chi connectivity index (χ3v) is 7.31. The van der Waals surface area contributed by atoms with Crippen LogP contribution in [0.5, 0.6) is 5.75 Å². The minimum Gasteiger partial charge on any atom is -0.511 e. The molecule has 1 aliphatic rings. The van der Waals surface area contributed by atoms with E-state index in [1.807, 2.05) is 38.1 Å². The summed E-state index contributed by atoms with van der Waals surface area (Å²) in [7, 11) is 0. The van der Waals surface area contributed by atoms with Crippen LogP contribution in [0, 0.1) is 6.92 Å². The van der Waals surface area contributed by atoms with Gasteiger partial charge in [-0.2, -0.15) is 0 Å². The molecule has 3 rings (SSSR count). The van der Waals surface area contributed by atoms with E-state index in [2.05, 4.69) is 20.8 Å². The maximum atomic E-state index is 13.1. The van der Waals surface area contributed by atoms with Crippen LogP contribution in [0.2, 0.25) is 0 Å². The van der Waals surface area contributed by atoms with E-state index < -0.39 is 11.6 Å². The highest BCUT2D eigenvalue weighted by Gasteiger charge is 2.41. The number of nitrogen functional groups attached to an aromatic ring is 1. The lowest BCUT2D eigenvalue weighted by Crippen LogP contribution is -2.40. The minimum absolute atomic E-state index is 0.0877. The zero-order valence-corrected chi connectivity index (χ0v) is 21.0. The molecule has 2 aromatic rings. The average Bonchev–Trinajstić information content (AvgIpc) is 2.72. The molecule has 0 spiro atoms. The summed E-state index contributed by atoms with van der Waals surface area (Å²) in [6.07, 6.45) is 3.10. The molecule has 4 N–H and O–H groups in total. The van der Waals surface area contributed by atoms with Crippen molar-refractivity contribution < 1.29 is 19.7 Å². The van der Waals surface area contributed by atoms with Gasteiger partial charge in [0, 0.05) is 17.0 Å². The van der Waals surface area contributed by atoms with Gasteiger partial charge in [0.15, 0.2) is 0 Å². The molecule has 0 aromatic heterocycles. The number of aliphatic hydroxyl groups excluding tert-OH is 1. The summed E-state index contributed by atoms with van der Waals surface area (Å²) < 4.78 is 6.04. The Bertz CT molecular complexity index is 1050. The van der Waals surface area contributed by atoms with Gasteiger partial charge in [-0.25, -0.2) is 4.79 Å². The van der Waals surface area contributed by atoms with Crippen LogP contribution in [0.15, 0.2) is 52.0 Å². The van der Waals surface area contributed by atoms with E-state index in [9.17, 15) is 15.0 Å². The van der Waals surface area contributed by atoms with Crippen LogP contribution in [0.25, 0.3) is 0 Å². The number of carbonyl (C=O) groups is 1.